The summed E-state index contributed by atoms with van der Waals surface area (Å²) in [4.78, 5) is 0. The lowest BCUT2D eigenvalue weighted by molar-refractivity contribution is 0.0347. The first kappa shape index (κ1) is 22.3. The minimum Gasteiger partial charge on any atom is -0.377 e. The molecule has 1 unspecified atom stereocenters. The second-order valence-electron chi connectivity index (χ2n) is 6.21. The number of unbranched alkanes of at least 4 members (excludes halogenated alkanes) is 6. The van der Waals surface area contributed by atoms with E-state index in [9.17, 15) is 0 Å². The molecule has 0 saturated heterocycles. The fourth-order valence-electron chi connectivity index (χ4n) is 2.33. The van der Waals surface area contributed by atoms with Crippen LogP contribution >= 0.6 is 11.6 Å². The van der Waals surface area contributed by atoms with Gasteiger partial charge in [0.15, 0.2) is 0 Å². The van der Waals surface area contributed by atoms with Gasteiger partial charge in [-0.15, -0.1) is 0 Å². The van der Waals surface area contributed by atoms with Crippen LogP contribution in [0.3, 0.4) is 0 Å². The van der Waals surface area contributed by atoms with Gasteiger partial charge in [0.1, 0.15) is 5.06 Å². The van der Waals surface area contributed by atoms with Gasteiger partial charge in [-0.2, -0.15) is 0 Å². The summed E-state index contributed by atoms with van der Waals surface area (Å²) in [6.07, 6.45) is 9.62. The lowest BCUT2D eigenvalue weighted by Crippen LogP contribution is -2.49. The second-order valence-corrected chi connectivity index (χ2v) is 9.89. The average molecular weight is 354 g/mol. The summed E-state index contributed by atoms with van der Waals surface area (Å²) >= 11 is 6.21. The van der Waals surface area contributed by atoms with E-state index < -0.39 is 13.9 Å². The lowest BCUT2D eigenvalue weighted by Gasteiger charge is -2.33. The number of hydrogen-bond donors (Lipinski definition) is 1. The summed E-state index contributed by atoms with van der Waals surface area (Å²) in [7, 11) is -1.07. The van der Waals surface area contributed by atoms with Crippen LogP contribution in [0.1, 0.15) is 72.1 Å². The Balaban J connectivity index is 4.12. The molecule has 0 rings (SSSR count). The Morgan fingerprint density at radius 3 is 2.09 bits per heavy atom. The third kappa shape index (κ3) is 11.9. The van der Waals surface area contributed by atoms with Crippen LogP contribution in [-0.2, 0) is 13.3 Å². The lowest BCUT2D eigenvalue weighted by atomic mass is 10.1. The molecule has 134 valence electrons. The van der Waals surface area contributed by atoms with Crippen LogP contribution in [-0.4, -0.2) is 34.1 Å². The van der Waals surface area contributed by atoms with Gasteiger partial charge in [0.2, 0.25) is 0 Å². The third-order valence-electron chi connectivity index (χ3n) is 3.47. The maximum absolute atomic E-state index is 6.21. The van der Waals surface area contributed by atoms with E-state index in [0.29, 0.717) is 19.2 Å². The standard InChI is InChI=1S/C16H36ClNO3Si/c1-5-6-7-8-9-10-11-14-20-22(19-4,15-12-13-18)21-16(2,3)17/h5-15,18H2,1-4H3. The summed E-state index contributed by atoms with van der Waals surface area (Å²) < 4.78 is 17.6. The summed E-state index contributed by atoms with van der Waals surface area (Å²) in [6, 6.07) is 0.715. The van der Waals surface area contributed by atoms with Gasteiger partial charge in [0.25, 0.3) is 0 Å². The van der Waals surface area contributed by atoms with Crippen molar-refractivity contribution in [2.24, 2.45) is 5.73 Å². The molecule has 4 nitrogen and oxygen atoms in total. The highest BCUT2D eigenvalue weighted by Crippen LogP contribution is 2.27. The van der Waals surface area contributed by atoms with Crippen molar-refractivity contribution in [1.29, 1.82) is 0 Å². The van der Waals surface area contributed by atoms with Gasteiger partial charge in [-0.25, -0.2) is 0 Å². The quantitative estimate of drug-likeness (QED) is 0.264. The molecule has 22 heavy (non-hydrogen) atoms. The zero-order valence-electron chi connectivity index (χ0n) is 15.0. The topological polar surface area (TPSA) is 53.7 Å². The molecule has 0 aromatic carbocycles. The number of hydrogen-bond acceptors (Lipinski definition) is 4. The number of halogens is 1. The van der Waals surface area contributed by atoms with Crippen LogP contribution < -0.4 is 5.73 Å². The fraction of sp³-hybridized carbons (Fsp3) is 1.00. The van der Waals surface area contributed by atoms with Gasteiger partial charge in [-0.05, 0) is 33.2 Å². The van der Waals surface area contributed by atoms with Crippen molar-refractivity contribution < 1.29 is 13.3 Å². The molecule has 0 bridgehead atoms. The molecule has 0 aromatic rings. The van der Waals surface area contributed by atoms with Crippen molar-refractivity contribution in [3.05, 3.63) is 0 Å². The molecule has 0 amide bonds. The van der Waals surface area contributed by atoms with Crippen molar-refractivity contribution in [2.45, 2.75) is 83.2 Å². The fourth-order valence-corrected chi connectivity index (χ4v) is 5.23. The van der Waals surface area contributed by atoms with Crippen LogP contribution in [0.2, 0.25) is 6.04 Å². The van der Waals surface area contributed by atoms with Gasteiger partial charge in [-0.3, -0.25) is 0 Å². The number of alkyl halides is 1. The van der Waals surface area contributed by atoms with Crippen LogP contribution in [0, 0.1) is 0 Å². The maximum atomic E-state index is 6.21. The van der Waals surface area contributed by atoms with Crippen LogP contribution in [0.5, 0.6) is 0 Å². The monoisotopic (exact) mass is 353 g/mol. The van der Waals surface area contributed by atoms with E-state index in [1.807, 2.05) is 13.8 Å². The smallest absolute Gasteiger partial charge is 0.377 e. The van der Waals surface area contributed by atoms with E-state index in [4.69, 9.17) is 30.6 Å². The summed E-state index contributed by atoms with van der Waals surface area (Å²) in [6.45, 7) is 7.14. The molecule has 1 atom stereocenters. The predicted octanol–water partition coefficient (Wildman–Crippen LogP) is 4.68. The first-order chi connectivity index (χ1) is 10.4. The Morgan fingerprint density at radius 1 is 1.00 bits per heavy atom. The van der Waals surface area contributed by atoms with E-state index in [-0.39, 0.29) is 0 Å². The summed E-state index contributed by atoms with van der Waals surface area (Å²) in [5, 5.41) is -0.781. The minimum absolute atomic E-state index is 0.602. The van der Waals surface area contributed by atoms with Gasteiger partial charge >= 0.3 is 8.80 Å². The Labute approximate surface area is 143 Å². The summed E-state index contributed by atoms with van der Waals surface area (Å²) in [5.41, 5.74) is 5.61. The normalized spacial score (nSPS) is 15.0. The van der Waals surface area contributed by atoms with Crippen molar-refractivity contribution in [3.8, 4) is 0 Å². The maximum Gasteiger partial charge on any atom is 0.502 e. The third-order valence-corrected chi connectivity index (χ3v) is 6.73. The molecular formula is C16H36ClNO3Si. The first-order valence-corrected chi connectivity index (χ1v) is 11.0. The van der Waals surface area contributed by atoms with Crippen LogP contribution in [0.25, 0.3) is 0 Å². The molecule has 0 aliphatic rings. The molecule has 0 saturated carbocycles. The van der Waals surface area contributed by atoms with Gasteiger partial charge in [0, 0.05) is 19.8 Å². The van der Waals surface area contributed by atoms with Crippen LogP contribution in [0.4, 0.5) is 0 Å². The van der Waals surface area contributed by atoms with Crippen LogP contribution in [0.15, 0.2) is 0 Å². The van der Waals surface area contributed by atoms with E-state index in [0.717, 1.165) is 12.8 Å². The molecule has 0 aliphatic heterocycles. The highest BCUT2D eigenvalue weighted by Gasteiger charge is 2.43. The minimum atomic E-state index is -2.72. The Hall–Kier alpha value is 0.347. The van der Waals surface area contributed by atoms with Crippen molar-refractivity contribution >= 4 is 20.4 Å². The zero-order chi connectivity index (χ0) is 16.9. The largest absolute Gasteiger partial charge is 0.502 e. The SMILES string of the molecule is CCCCCCCCCO[Si](CCCN)(OC)OC(C)(C)Cl. The molecular weight excluding hydrogens is 318 g/mol. The van der Waals surface area contributed by atoms with Crippen molar-refractivity contribution in [2.75, 3.05) is 20.3 Å². The molecule has 0 fully saturated rings. The van der Waals surface area contributed by atoms with Gasteiger partial charge < -0.3 is 19.0 Å². The molecule has 0 spiro atoms. The molecule has 2 N–H and O–H groups in total. The molecule has 0 radical (unpaired) electrons. The Morgan fingerprint density at radius 2 is 1.59 bits per heavy atom. The van der Waals surface area contributed by atoms with Gasteiger partial charge in [-0.1, -0.05) is 57.0 Å². The Kier molecular flexibility index (Phi) is 12.9. The Bertz CT molecular complexity index is 264. The van der Waals surface area contributed by atoms with E-state index in [1.54, 1.807) is 7.11 Å². The summed E-state index contributed by atoms with van der Waals surface area (Å²) in [5.74, 6) is 0. The highest BCUT2D eigenvalue weighted by atomic mass is 35.5. The molecule has 6 heteroatoms. The molecule has 0 heterocycles. The van der Waals surface area contributed by atoms with E-state index >= 15 is 0 Å². The number of nitrogens with two attached hydrogens (primary N) is 1. The second kappa shape index (κ2) is 12.7. The first-order valence-electron chi connectivity index (χ1n) is 8.67. The van der Waals surface area contributed by atoms with E-state index in [1.165, 1.54) is 38.5 Å². The van der Waals surface area contributed by atoms with Gasteiger partial charge in [0.05, 0.1) is 0 Å². The molecule has 0 aromatic heterocycles. The zero-order valence-corrected chi connectivity index (χ0v) is 16.7. The van der Waals surface area contributed by atoms with E-state index in [2.05, 4.69) is 6.92 Å². The van der Waals surface area contributed by atoms with Crippen molar-refractivity contribution in [3.63, 3.8) is 0 Å². The molecule has 0 aliphatic carbocycles. The number of rotatable bonds is 15. The predicted molar refractivity (Wildman–Crippen MR) is 96.2 cm³/mol. The highest BCUT2D eigenvalue weighted by molar-refractivity contribution is 6.61. The average Bonchev–Trinajstić information content (AvgIpc) is 2.46. The van der Waals surface area contributed by atoms with Crippen molar-refractivity contribution in [1.82, 2.24) is 0 Å².